The van der Waals surface area contributed by atoms with E-state index in [9.17, 15) is 9.59 Å². The molecule has 1 N–H and O–H groups in total. The molecule has 0 aliphatic carbocycles. The molecule has 3 nitrogen and oxygen atoms in total. The second-order valence-corrected chi connectivity index (χ2v) is 3.67. The van der Waals surface area contributed by atoms with E-state index in [0.29, 0.717) is 17.4 Å². The van der Waals surface area contributed by atoms with E-state index in [4.69, 9.17) is 0 Å². The van der Waals surface area contributed by atoms with Gasteiger partial charge in [-0.15, -0.1) is 0 Å². The van der Waals surface area contributed by atoms with Crippen LogP contribution in [-0.2, 0) is 0 Å². The molecule has 0 fully saturated rings. The maximum Gasteiger partial charge on any atom is 0.251 e. The molecule has 0 radical (unpaired) electrons. The average molecular weight is 289 g/mol. The lowest BCUT2D eigenvalue weighted by Crippen LogP contribution is -2.19. The number of carbonyl (C=O) groups excluding carboxylic acids is 2. The Hall–Kier alpha value is -0.910. The van der Waals surface area contributed by atoms with Gasteiger partial charge in [-0.25, -0.2) is 0 Å². The molecule has 0 atom stereocenters. The van der Waals surface area contributed by atoms with Gasteiger partial charge in [-0.05, 0) is 40.8 Å². The van der Waals surface area contributed by atoms with Crippen LogP contribution in [0.1, 0.15) is 20.7 Å². The maximum atomic E-state index is 11.3. The van der Waals surface area contributed by atoms with Crippen molar-refractivity contribution in [2.45, 2.75) is 0 Å². The maximum absolute atomic E-state index is 11.3. The third-order valence-electron chi connectivity index (χ3n) is 1.61. The van der Waals surface area contributed by atoms with Gasteiger partial charge in [0.1, 0.15) is 0 Å². The van der Waals surface area contributed by atoms with Crippen LogP contribution in [0.5, 0.6) is 0 Å². The molecule has 68 valence electrons. The summed E-state index contributed by atoms with van der Waals surface area (Å²) in [5.74, 6) is -0.236. The molecule has 0 unspecified atom stereocenters. The van der Waals surface area contributed by atoms with E-state index in [0.717, 1.165) is 3.57 Å². The molecule has 1 amide bonds. The van der Waals surface area contributed by atoms with Gasteiger partial charge in [0.15, 0.2) is 6.29 Å². The highest BCUT2D eigenvalue weighted by Crippen LogP contribution is 2.12. The summed E-state index contributed by atoms with van der Waals surface area (Å²) in [5, 5.41) is 2.48. The van der Waals surface area contributed by atoms with Crippen molar-refractivity contribution in [3.8, 4) is 0 Å². The van der Waals surface area contributed by atoms with Crippen LogP contribution in [0.3, 0.4) is 0 Å². The summed E-state index contributed by atoms with van der Waals surface area (Å²) < 4.78 is 0.932. The molecule has 0 heterocycles. The predicted molar refractivity (Wildman–Crippen MR) is 57.9 cm³/mol. The summed E-state index contributed by atoms with van der Waals surface area (Å²) in [5.41, 5.74) is 0.837. The molecule has 1 aromatic rings. The number of hydrogen-bond acceptors (Lipinski definition) is 2. The van der Waals surface area contributed by atoms with E-state index in [1.807, 2.05) is 0 Å². The van der Waals surface area contributed by atoms with Gasteiger partial charge in [0.25, 0.3) is 5.91 Å². The number of hydrogen-bond donors (Lipinski definition) is 1. The van der Waals surface area contributed by atoms with Crippen LogP contribution in [0.15, 0.2) is 18.2 Å². The van der Waals surface area contributed by atoms with Crippen molar-refractivity contribution in [3.63, 3.8) is 0 Å². The van der Waals surface area contributed by atoms with Crippen LogP contribution in [-0.4, -0.2) is 19.2 Å². The van der Waals surface area contributed by atoms with E-state index in [1.54, 1.807) is 18.2 Å². The third kappa shape index (κ3) is 2.27. The van der Waals surface area contributed by atoms with E-state index < -0.39 is 0 Å². The van der Waals surface area contributed by atoms with Crippen molar-refractivity contribution >= 4 is 34.8 Å². The smallest absolute Gasteiger partial charge is 0.251 e. The van der Waals surface area contributed by atoms with Gasteiger partial charge in [0.05, 0.1) is 5.56 Å². The van der Waals surface area contributed by atoms with Crippen LogP contribution in [0.25, 0.3) is 0 Å². The Morgan fingerprint density at radius 1 is 1.54 bits per heavy atom. The minimum Gasteiger partial charge on any atom is -0.355 e. The fourth-order valence-electron chi connectivity index (χ4n) is 0.963. The Bertz CT molecular complexity index is 349. The topological polar surface area (TPSA) is 46.2 Å². The van der Waals surface area contributed by atoms with Gasteiger partial charge in [0.2, 0.25) is 0 Å². The minimum absolute atomic E-state index is 0.236. The highest BCUT2D eigenvalue weighted by atomic mass is 127. The lowest BCUT2D eigenvalue weighted by Gasteiger charge is -2.03. The van der Waals surface area contributed by atoms with E-state index in [-0.39, 0.29) is 5.91 Å². The van der Waals surface area contributed by atoms with E-state index in [1.165, 1.54) is 7.05 Å². The van der Waals surface area contributed by atoms with Crippen LogP contribution < -0.4 is 5.32 Å². The molecule has 1 aromatic carbocycles. The van der Waals surface area contributed by atoms with Crippen molar-refractivity contribution in [2.75, 3.05) is 7.05 Å². The van der Waals surface area contributed by atoms with Gasteiger partial charge in [-0.1, -0.05) is 0 Å². The molecular formula is C9H8INO2. The first kappa shape index (κ1) is 10.2. The molecule has 4 heteroatoms. The van der Waals surface area contributed by atoms with Gasteiger partial charge in [-0.2, -0.15) is 0 Å². The standard InChI is InChI=1S/C9H8INO2/c1-11-9(13)8-4-7(10)3-2-6(8)5-12/h2-5H,1H3,(H,11,13). The Morgan fingerprint density at radius 3 is 2.77 bits per heavy atom. The summed E-state index contributed by atoms with van der Waals surface area (Å²) >= 11 is 2.09. The molecule has 0 saturated heterocycles. The SMILES string of the molecule is CNC(=O)c1cc(I)ccc1C=O. The molecule has 0 bridgehead atoms. The first-order chi connectivity index (χ1) is 6.19. The minimum atomic E-state index is -0.236. The second kappa shape index (κ2) is 4.36. The quantitative estimate of drug-likeness (QED) is 0.662. The van der Waals surface area contributed by atoms with Crippen molar-refractivity contribution in [1.29, 1.82) is 0 Å². The average Bonchev–Trinajstić information content (AvgIpc) is 2.16. The first-order valence-corrected chi connectivity index (χ1v) is 4.73. The normalized spacial score (nSPS) is 9.38. The van der Waals surface area contributed by atoms with Gasteiger partial charge >= 0.3 is 0 Å². The number of nitrogens with one attached hydrogen (secondary N) is 1. The number of aldehydes is 1. The zero-order valence-corrected chi connectivity index (χ0v) is 9.16. The number of carbonyl (C=O) groups is 2. The fraction of sp³-hybridized carbons (Fsp3) is 0.111. The summed E-state index contributed by atoms with van der Waals surface area (Å²) in [7, 11) is 1.54. The molecule has 0 aliphatic heterocycles. The number of rotatable bonds is 2. The van der Waals surface area contributed by atoms with Gasteiger partial charge in [0, 0.05) is 16.2 Å². The highest BCUT2D eigenvalue weighted by Gasteiger charge is 2.08. The lowest BCUT2D eigenvalue weighted by molar-refractivity contribution is 0.0957. The van der Waals surface area contributed by atoms with Crippen LogP contribution in [0.2, 0.25) is 0 Å². The fourth-order valence-corrected chi connectivity index (χ4v) is 1.45. The number of halogens is 1. The molecule has 0 spiro atoms. The monoisotopic (exact) mass is 289 g/mol. The first-order valence-electron chi connectivity index (χ1n) is 3.66. The molecule has 13 heavy (non-hydrogen) atoms. The van der Waals surface area contributed by atoms with Gasteiger partial charge in [-0.3, -0.25) is 9.59 Å². The van der Waals surface area contributed by atoms with Crippen molar-refractivity contribution in [2.24, 2.45) is 0 Å². The van der Waals surface area contributed by atoms with Crippen LogP contribution >= 0.6 is 22.6 Å². The number of amides is 1. The second-order valence-electron chi connectivity index (χ2n) is 2.43. The number of benzene rings is 1. The van der Waals surface area contributed by atoms with Crippen molar-refractivity contribution in [1.82, 2.24) is 5.32 Å². The summed E-state index contributed by atoms with van der Waals surface area (Å²) in [6, 6.07) is 5.11. The zero-order chi connectivity index (χ0) is 9.84. The van der Waals surface area contributed by atoms with Gasteiger partial charge < -0.3 is 5.32 Å². The largest absolute Gasteiger partial charge is 0.355 e. The highest BCUT2D eigenvalue weighted by molar-refractivity contribution is 14.1. The van der Waals surface area contributed by atoms with E-state index >= 15 is 0 Å². The molecule has 0 saturated carbocycles. The summed E-state index contributed by atoms with van der Waals surface area (Å²) in [6.45, 7) is 0. The molecular weight excluding hydrogens is 281 g/mol. The predicted octanol–water partition coefficient (Wildman–Crippen LogP) is 1.46. The lowest BCUT2D eigenvalue weighted by atomic mass is 10.1. The Labute approximate surface area is 89.7 Å². The summed E-state index contributed by atoms with van der Waals surface area (Å²) in [4.78, 5) is 21.8. The molecule has 0 aliphatic rings. The Balaban J connectivity index is 3.23. The van der Waals surface area contributed by atoms with Crippen LogP contribution in [0.4, 0.5) is 0 Å². The van der Waals surface area contributed by atoms with Crippen LogP contribution in [0, 0.1) is 3.57 Å². The third-order valence-corrected chi connectivity index (χ3v) is 2.28. The summed E-state index contributed by atoms with van der Waals surface area (Å²) in [6.07, 6.45) is 0.681. The van der Waals surface area contributed by atoms with Crippen molar-refractivity contribution < 1.29 is 9.59 Å². The Morgan fingerprint density at radius 2 is 2.23 bits per heavy atom. The zero-order valence-electron chi connectivity index (χ0n) is 7.00. The molecule has 0 aromatic heterocycles. The Kier molecular flexibility index (Phi) is 3.41. The molecule has 1 rings (SSSR count). The van der Waals surface area contributed by atoms with E-state index in [2.05, 4.69) is 27.9 Å². The van der Waals surface area contributed by atoms with Crippen molar-refractivity contribution in [3.05, 3.63) is 32.9 Å².